The van der Waals surface area contributed by atoms with Gasteiger partial charge < -0.3 is 10.1 Å². The highest BCUT2D eigenvalue weighted by Gasteiger charge is 2.27. The Bertz CT molecular complexity index is 1310. The van der Waals surface area contributed by atoms with Crippen LogP contribution in [-0.4, -0.2) is 19.0 Å². The Balaban J connectivity index is 1.52. The third-order valence-electron chi connectivity index (χ3n) is 6.60. The second kappa shape index (κ2) is 10.3. The molecule has 35 heavy (non-hydrogen) atoms. The van der Waals surface area contributed by atoms with E-state index in [0.717, 1.165) is 35.1 Å². The van der Waals surface area contributed by atoms with Gasteiger partial charge in [-0.15, -0.1) is 11.3 Å². The fourth-order valence-electron chi connectivity index (χ4n) is 4.84. The first kappa shape index (κ1) is 23.1. The van der Waals surface area contributed by atoms with Gasteiger partial charge in [-0.3, -0.25) is 4.79 Å². The largest absolute Gasteiger partial charge is 0.465 e. The monoisotopic (exact) mass is 481 g/mol. The number of fused-ring (bicyclic) bond motifs is 1. The molecule has 4 aromatic rings. The third-order valence-corrected chi connectivity index (χ3v) is 7.50. The number of nitrogens with one attached hydrogen (secondary N) is 1. The van der Waals surface area contributed by atoms with Crippen molar-refractivity contribution in [3.8, 4) is 11.1 Å². The van der Waals surface area contributed by atoms with Crippen molar-refractivity contribution in [1.29, 1.82) is 0 Å². The number of hydrogen-bond donors (Lipinski definition) is 1. The molecule has 5 rings (SSSR count). The van der Waals surface area contributed by atoms with Crippen molar-refractivity contribution >= 4 is 28.2 Å². The summed E-state index contributed by atoms with van der Waals surface area (Å²) >= 11 is 1.36. The second-order valence-electron chi connectivity index (χ2n) is 8.78. The van der Waals surface area contributed by atoms with E-state index in [-0.39, 0.29) is 5.91 Å². The van der Waals surface area contributed by atoms with Crippen LogP contribution >= 0.6 is 11.3 Å². The van der Waals surface area contributed by atoms with Gasteiger partial charge in [0.15, 0.2) is 0 Å². The quantitative estimate of drug-likeness (QED) is 0.306. The van der Waals surface area contributed by atoms with Crippen molar-refractivity contribution < 1.29 is 14.3 Å². The van der Waals surface area contributed by atoms with Gasteiger partial charge in [-0.2, -0.15) is 0 Å². The summed E-state index contributed by atoms with van der Waals surface area (Å²) in [4.78, 5) is 26.6. The van der Waals surface area contributed by atoms with E-state index >= 15 is 0 Å². The van der Waals surface area contributed by atoms with E-state index in [1.807, 2.05) is 66.0 Å². The molecule has 0 bridgehead atoms. The Kier molecular flexibility index (Phi) is 6.77. The Labute approximate surface area is 209 Å². The third kappa shape index (κ3) is 4.77. The Morgan fingerprint density at radius 1 is 0.857 bits per heavy atom. The Morgan fingerprint density at radius 3 is 2.11 bits per heavy atom. The molecule has 0 atom stereocenters. The molecule has 1 amide bonds. The zero-order valence-electron chi connectivity index (χ0n) is 19.6. The lowest BCUT2D eigenvalue weighted by atomic mass is 9.89. The average Bonchev–Trinajstić information content (AvgIpc) is 3.32. The SMILES string of the molecule is COC(=O)c1c(-c2ccc3c(c2)CCCC3)csc1NC(=O)C(c1ccccc1)c1ccccc1. The summed E-state index contributed by atoms with van der Waals surface area (Å²) in [5.41, 5.74) is 6.68. The standard InChI is InChI=1S/C30H27NO3S/c1-34-30(33)27-25(24-17-16-20-10-8-9-15-23(20)18-24)19-35-29(27)31-28(32)26(21-11-4-2-5-12-21)22-13-6-3-7-14-22/h2-7,11-14,16-19,26H,8-10,15H2,1H3,(H,31,32). The number of amides is 1. The van der Waals surface area contributed by atoms with E-state index in [9.17, 15) is 9.59 Å². The summed E-state index contributed by atoms with van der Waals surface area (Å²) in [6.07, 6.45) is 4.56. The molecule has 4 nitrogen and oxygen atoms in total. The smallest absolute Gasteiger partial charge is 0.341 e. The van der Waals surface area contributed by atoms with E-state index in [1.165, 1.54) is 42.4 Å². The zero-order valence-corrected chi connectivity index (χ0v) is 20.4. The summed E-state index contributed by atoms with van der Waals surface area (Å²) in [5, 5.41) is 5.50. The molecule has 0 saturated heterocycles. The maximum absolute atomic E-state index is 13.7. The Hall–Kier alpha value is -3.70. The predicted octanol–water partition coefficient (Wildman–Crippen LogP) is 6.85. The van der Waals surface area contributed by atoms with E-state index in [1.54, 1.807) is 0 Å². The van der Waals surface area contributed by atoms with Gasteiger partial charge in [0, 0.05) is 10.9 Å². The van der Waals surface area contributed by atoms with Gasteiger partial charge in [0.25, 0.3) is 0 Å². The molecule has 1 aromatic heterocycles. The fraction of sp³-hybridized carbons (Fsp3) is 0.200. The molecule has 0 fully saturated rings. The number of ether oxygens (including phenoxy) is 1. The summed E-state index contributed by atoms with van der Waals surface area (Å²) in [5.74, 6) is -1.14. The molecular weight excluding hydrogens is 454 g/mol. The molecule has 5 heteroatoms. The van der Waals surface area contributed by atoms with Gasteiger partial charge in [0.1, 0.15) is 10.6 Å². The highest BCUT2D eigenvalue weighted by Crippen LogP contribution is 2.38. The van der Waals surface area contributed by atoms with Crippen LogP contribution in [0.1, 0.15) is 51.4 Å². The first-order valence-electron chi connectivity index (χ1n) is 11.9. The number of hydrogen-bond acceptors (Lipinski definition) is 4. The highest BCUT2D eigenvalue weighted by atomic mass is 32.1. The highest BCUT2D eigenvalue weighted by molar-refractivity contribution is 7.15. The normalized spacial score (nSPS) is 12.7. The molecule has 1 N–H and O–H groups in total. The molecule has 176 valence electrons. The van der Waals surface area contributed by atoms with Crippen LogP contribution < -0.4 is 5.32 Å². The lowest BCUT2D eigenvalue weighted by molar-refractivity contribution is -0.116. The molecule has 0 aliphatic heterocycles. The van der Waals surface area contributed by atoms with E-state index < -0.39 is 11.9 Å². The number of esters is 1. The average molecular weight is 482 g/mol. The molecule has 1 heterocycles. The van der Waals surface area contributed by atoms with Crippen LogP contribution in [0.4, 0.5) is 5.00 Å². The molecule has 0 saturated carbocycles. The predicted molar refractivity (Wildman–Crippen MR) is 141 cm³/mol. The number of carbonyl (C=O) groups is 2. The van der Waals surface area contributed by atoms with Crippen molar-refractivity contribution in [3.05, 3.63) is 112 Å². The maximum atomic E-state index is 13.7. The fourth-order valence-corrected chi connectivity index (χ4v) is 5.80. The summed E-state index contributed by atoms with van der Waals surface area (Å²) in [6, 6.07) is 25.8. The van der Waals surface area contributed by atoms with Crippen molar-refractivity contribution in [2.45, 2.75) is 31.6 Å². The first-order chi connectivity index (χ1) is 17.2. The van der Waals surface area contributed by atoms with Crippen LogP contribution in [-0.2, 0) is 22.4 Å². The number of thiophene rings is 1. The van der Waals surface area contributed by atoms with Crippen LogP contribution in [0.25, 0.3) is 11.1 Å². The van der Waals surface area contributed by atoms with E-state index in [2.05, 4.69) is 23.5 Å². The van der Waals surface area contributed by atoms with Crippen LogP contribution in [0.2, 0.25) is 0 Å². The summed E-state index contributed by atoms with van der Waals surface area (Å²) < 4.78 is 5.14. The lowest BCUT2D eigenvalue weighted by Gasteiger charge is -2.18. The van der Waals surface area contributed by atoms with Crippen LogP contribution in [0.3, 0.4) is 0 Å². The topological polar surface area (TPSA) is 55.4 Å². The summed E-state index contributed by atoms with van der Waals surface area (Å²) in [6.45, 7) is 0. The number of methoxy groups -OCH3 is 1. The zero-order chi connectivity index (χ0) is 24.2. The van der Waals surface area contributed by atoms with Gasteiger partial charge in [-0.05, 0) is 53.5 Å². The number of aryl methyl sites for hydroxylation is 2. The van der Waals surface area contributed by atoms with Gasteiger partial charge in [0.2, 0.25) is 5.91 Å². The second-order valence-corrected chi connectivity index (χ2v) is 9.66. The number of rotatable bonds is 6. The van der Waals surface area contributed by atoms with Crippen molar-refractivity contribution in [2.75, 3.05) is 12.4 Å². The van der Waals surface area contributed by atoms with E-state index in [0.29, 0.717) is 10.6 Å². The lowest BCUT2D eigenvalue weighted by Crippen LogP contribution is -2.23. The van der Waals surface area contributed by atoms with E-state index in [4.69, 9.17) is 4.74 Å². The number of carbonyl (C=O) groups excluding carboxylic acids is 2. The van der Waals surface area contributed by atoms with Crippen LogP contribution in [0.5, 0.6) is 0 Å². The molecule has 1 aliphatic carbocycles. The van der Waals surface area contributed by atoms with Gasteiger partial charge >= 0.3 is 5.97 Å². The minimum atomic E-state index is -0.503. The molecule has 0 unspecified atom stereocenters. The number of benzene rings is 3. The van der Waals surface area contributed by atoms with Crippen molar-refractivity contribution in [1.82, 2.24) is 0 Å². The number of anilines is 1. The summed E-state index contributed by atoms with van der Waals surface area (Å²) in [7, 11) is 1.37. The molecular formula is C30H27NO3S. The van der Waals surface area contributed by atoms with Crippen LogP contribution in [0, 0.1) is 0 Å². The van der Waals surface area contributed by atoms with Gasteiger partial charge in [-0.1, -0.05) is 78.9 Å². The minimum Gasteiger partial charge on any atom is -0.465 e. The molecule has 3 aromatic carbocycles. The van der Waals surface area contributed by atoms with Gasteiger partial charge in [0.05, 0.1) is 13.0 Å². The molecule has 0 spiro atoms. The first-order valence-corrected chi connectivity index (χ1v) is 12.8. The maximum Gasteiger partial charge on any atom is 0.341 e. The molecule has 0 radical (unpaired) electrons. The van der Waals surface area contributed by atoms with Crippen molar-refractivity contribution in [2.24, 2.45) is 0 Å². The minimum absolute atomic E-state index is 0.189. The Morgan fingerprint density at radius 2 is 1.49 bits per heavy atom. The van der Waals surface area contributed by atoms with Crippen molar-refractivity contribution in [3.63, 3.8) is 0 Å². The molecule has 1 aliphatic rings. The van der Waals surface area contributed by atoms with Gasteiger partial charge in [-0.25, -0.2) is 4.79 Å². The van der Waals surface area contributed by atoms with Crippen LogP contribution in [0.15, 0.2) is 84.2 Å².